The Morgan fingerprint density at radius 2 is 1.94 bits per heavy atom. The van der Waals surface area contributed by atoms with Gasteiger partial charge < -0.3 is 10.1 Å². The quantitative estimate of drug-likeness (QED) is 0.430. The van der Waals surface area contributed by atoms with E-state index in [-0.39, 0.29) is 18.4 Å². The average Bonchev–Trinajstić information content (AvgIpc) is 3.53. The zero-order valence-corrected chi connectivity index (χ0v) is 20.6. The van der Waals surface area contributed by atoms with Crippen LogP contribution in [-0.2, 0) is 17.9 Å². The Balaban J connectivity index is 1.53. The van der Waals surface area contributed by atoms with E-state index in [9.17, 15) is 9.59 Å². The van der Waals surface area contributed by atoms with Crippen molar-refractivity contribution in [2.24, 2.45) is 0 Å². The van der Waals surface area contributed by atoms with Gasteiger partial charge in [-0.1, -0.05) is 35.9 Å². The molecule has 1 N–H and O–H groups in total. The summed E-state index contributed by atoms with van der Waals surface area (Å²) in [4.78, 5) is 30.1. The number of fused-ring (bicyclic) bond motifs is 1. The second kappa shape index (κ2) is 9.03. The predicted molar refractivity (Wildman–Crippen MR) is 137 cm³/mol. The first-order chi connectivity index (χ1) is 16.9. The number of aromatic nitrogens is 2. The third-order valence-electron chi connectivity index (χ3n) is 6.28. The lowest BCUT2D eigenvalue weighted by molar-refractivity contribution is -0.126. The molecule has 1 aliphatic rings. The summed E-state index contributed by atoms with van der Waals surface area (Å²) < 4.78 is 6.94. The molecule has 0 bridgehead atoms. The van der Waals surface area contributed by atoms with Crippen molar-refractivity contribution in [1.29, 1.82) is 0 Å². The first-order valence-electron chi connectivity index (χ1n) is 11.3. The van der Waals surface area contributed by atoms with E-state index in [1.165, 1.54) is 0 Å². The number of amides is 2. The van der Waals surface area contributed by atoms with Gasteiger partial charge in [-0.25, -0.2) is 0 Å². The lowest BCUT2D eigenvalue weighted by Crippen LogP contribution is -2.64. The Morgan fingerprint density at radius 3 is 2.63 bits per heavy atom. The van der Waals surface area contributed by atoms with Crippen LogP contribution in [0.5, 0.6) is 5.75 Å². The number of hydrogen-bond donors (Lipinski definition) is 1. The minimum atomic E-state index is -1.19. The van der Waals surface area contributed by atoms with Gasteiger partial charge in [-0.15, -0.1) is 11.3 Å². The van der Waals surface area contributed by atoms with Crippen LogP contribution in [0.2, 0.25) is 0 Å². The number of nitrogens with zero attached hydrogens (tertiary/aromatic N) is 3. The van der Waals surface area contributed by atoms with Gasteiger partial charge in [0.05, 0.1) is 18.5 Å². The van der Waals surface area contributed by atoms with Crippen molar-refractivity contribution in [2.75, 3.05) is 12.0 Å². The first kappa shape index (κ1) is 22.9. The van der Waals surface area contributed by atoms with E-state index in [1.54, 1.807) is 65.3 Å². The van der Waals surface area contributed by atoms with Crippen molar-refractivity contribution in [3.05, 3.63) is 88.9 Å². The molecule has 0 saturated carbocycles. The summed E-state index contributed by atoms with van der Waals surface area (Å²) >= 11 is 1.56. The van der Waals surface area contributed by atoms with E-state index in [1.807, 2.05) is 48.7 Å². The van der Waals surface area contributed by atoms with E-state index in [0.29, 0.717) is 23.7 Å². The maximum Gasteiger partial charge on any atom is 0.277 e. The Bertz CT molecular complexity index is 1380. The molecule has 0 saturated heterocycles. The van der Waals surface area contributed by atoms with Gasteiger partial charge in [0.2, 0.25) is 5.91 Å². The molecule has 3 heterocycles. The summed E-state index contributed by atoms with van der Waals surface area (Å²) in [6.07, 6.45) is 0. The molecular weight excluding hydrogens is 460 g/mol. The van der Waals surface area contributed by atoms with Gasteiger partial charge in [0, 0.05) is 12.2 Å². The summed E-state index contributed by atoms with van der Waals surface area (Å²) in [6.45, 7) is 4.40. The van der Waals surface area contributed by atoms with Gasteiger partial charge in [0.15, 0.2) is 0 Å². The summed E-state index contributed by atoms with van der Waals surface area (Å²) in [7, 11) is 1.59. The number of aryl methyl sites for hydroxylation is 1. The fourth-order valence-corrected chi connectivity index (χ4v) is 5.14. The van der Waals surface area contributed by atoms with Crippen LogP contribution in [0.3, 0.4) is 0 Å². The normalized spacial score (nSPS) is 17.2. The Hall–Kier alpha value is -3.91. The topological polar surface area (TPSA) is 76.5 Å². The standard InChI is InChI=1S/C27H26N4O3S/c1-18-6-4-7-19(14-18)16-28-26(33)27(2)17-30-23(15-22(29-30)24-8-5-13-35-24)25(32)31(27)20-9-11-21(34-3)12-10-20/h4-15H,16-17H2,1-3H3,(H,28,33). The molecule has 35 heavy (non-hydrogen) atoms. The molecule has 2 aromatic carbocycles. The van der Waals surface area contributed by atoms with Crippen molar-refractivity contribution in [2.45, 2.75) is 32.5 Å². The van der Waals surface area contributed by atoms with Crippen LogP contribution in [0.4, 0.5) is 5.69 Å². The molecule has 0 spiro atoms. The largest absolute Gasteiger partial charge is 0.497 e. The van der Waals surface area contributed by atoms with Crippen molar-refractivity contribution >= 4 is 28.8 Å². The fraction of sp³-hybridized carbons (Fsp3) is 0.222. The fourth-order valence-electron chi connectivity index (χ4n) is 4.46. The van der Waals surface area contributed by atoms with E-state index in [0.717, 1.165) is 21.7 Å². The van der Waals surface area contributed by atoms with Crippen LogP contribution in [0.25, 0.3) is 10.6 Å². The number of hydrogen-bond acceptors (Lipinski definition) is 5. The molecule has 0 fully saturated rings. The van der Waals surface area contributed by atoms with Gasteiger partial charge in [-0.3, -0.25) is 19.2 Å². The molecule has 2 aromatic heterocycles. The summed E-state index contributed by atoms with van der Waals surface area (Å²) in [5.74, 6) is 0.153. The van der Waals surface area contributed by atoms with Gasteiger partial charge in [-0.2, -0.15) is 5.10 Å². The number of anilines is 1. The number of ether oxygens (including phenoxy) is 1. The highest BCUT2D eigenvalue weighted by Crippen LogP contribution is 2.35. The number of nitrogens with one attached hydrogen (secondary N) is 1. The van der Waals surface area contributed by atoms with Crippen molar-refractivity contribution in [1.82, 2.24) is 15.1 Å². The predicted octanol–water partition coefficient (Wildman–Crippen LogP) is 4.66. The second-order valence-electron chi connectivity index (χ2n) is 8.83. The molecule has 1 unspecified atom stereocenters. The molecule has 7 nitrogen and oxygen atoms in total. The first-order valence-corrected chi connectivity index (χ1v) is 12.2. The number of thiophene rings is 1. The molecule has 178 valence electrons. The van der Waals surface area contributed by atoms with E-state index in [4.69, 9.17) is 4.74 Å². The lowest BCUT2D eigenvalue weighted by Gasteiger charge is -2.43. The van der Waals surface area contributed by atoms with Gasteiger partial charge in [0.25, 0.3) is 5.91 Å². The number of methoxy groups -OCH3 is 1. The molecule has 8 heteroatoms. The molecule has 5 rings (SSSR count). The Morgan fingerprint density at radius 1 is 1.14 bits per heavy atom. The van der Waals surface area contributed by atoms with Crippen LogP contribution < -0.4 is 15.0 Å². The van der Waals surface area contributed by atoms with Gasteiger partial charge in [0.1, 0.15) is 22.7 Å². The van der Waals surface area contributed by atoms with Crippen molar-refractivity contribution < 1.29 is 14.3 Å². The molecule has 1 atom stereocenters. The Labute approximate surface area is 208 Å². The lowest BCUT2D eigenvalue weighted by atomic mass is 9.93. The van der Waals surface area contributed by atoms with Crippen LogP contribution in [0.1, 0.15) is 28.5 Å². The van der Waals surface area contributed by atoms with Gasteiger partial charge in [-0.05, 0) is 61.2 Å². The van der Waals surface area contributed by atoms with Crippen molar-refractivity contribution in [3.63, 3.8) is 0 Å². The number of carbonyl (C=O) groups is 2. The van der Waals surface area contributed by atoms with Crippen LogP contribution in [0, 0.1) is 6.92 Å². The average molecular weight is 487 g/mol. The summed E-state index contributed by atoms with van der Waals surface area (Å²) in [5.41, 5.74) is 2.73. The van der Waals surface area contributed by atoms with Crippen LogP contribution in [-0.4, -0.2) is 34.2 Å². The molecule has 1 aliphatic heterocycles. The third-order valence-corrected chi connectivity index (χ3v) is 7.17. The maximum atomic E-state index is 13.9. The number of rotatable bonds is 6. The minimum Gasteiger partial charge on any atom is -0.497 e. The minimum absolute atomic E-state index is 0.227. The number of benzene rings is 2. The molecule has 2 amide bonds. The maximum absolute atomic E-state index is 13.9. The zero-order valence-electron chi connectivity index (χ0n) is 19.8. The van der Waals surface area contributed by atoms with E-state index in [2.05, 4.69) is 10.4 Å². The molecule has 0 aliphatic carbocycles. The highest BCUT2D eigenvalue weighted by molar-refractivity contribution is 7.13. The number of carbonyl (C=O) groups excluding carboxylic acids is 2. The second-order valence-corrected chi connectivity index (χ2v) is 9.78. The summed E-state index contributed by atoms with van der Waals surface area (Å²) in [6, 6.07) is 20.9. The van der Waals surface area contributed by atoms with Gasteiger partial charge >= 0.3 is 0 Å². The molecular formula is C27H26N4O3S. The van der Waals surface area contributed by atoms with Crippen LogP contribution >= 0.6 is 11.3 Å². The monoisotopic (exact) mass is 486 g/mol. The van der Waals surface area contributed by atoms with E-state index < -0.39 is 5.54 Å². The summed E-state index contributed by atoms with van der Waals surface area (Å²) in [5, 5.41) is 9.71. The third kappa shape index (κ3) is 4.21. The van der Waals surface area contributed by atoms with Crippen LogP contribution in [0.15, 0.2) is 72.1 Å². The molecule has 0 radical (unpaired) electrons. The Kier molecular flexibility index (Phi) is 5.90. The highest BCUT2D eigenvalue weighted by Gasteiger charge is 2.48. The smallest absolute Gasteiger partial charge is 0.277 e. The molecule has 4 aromatic rings. The van der Waals surface area contributed by atoms with E-state index >= 15 is 0 Å². The highest BCUT2D eigenvalue weighted by atomic mass is 32.1. The SMILES string of the molecule is COc1ccc(N2C(=O)c3cc(-c4cccs4)nn3CC2(C)C(=O)NCc2cccc(C)c2)cc1. The van der Waals surface area contributed by atoms with Crippen molar-refractivity contribution in [3.8, 4) is 16.3 Å². The zero-order chi connectivity index (χ0) is 24.6.